The molecule has 1 nitrogen and oxygen atoms in total. The summed E-state index contributed by atoms with van der Waals surface area (Å²) in [6.07, 6.45) is 5.79. The van der Waals surface area contributed by atoms with E-state index < -0.39 is 0 Å². The van der Waals surface area contributed by atoms with E-state index in [1.165, 1.54) is 18.4 Å². The van der Waals surface area contributed by atoms with Gasteiger partial charge in [-0.3, -0.25) is 0 Å². The fourth-order valence-corrected chi connectivity index (χ4v) is 3.43. The molecule has 1 atom stereocenters. The molecule has 1 N–H and O–H groups in total. The monoisotopic (exact) mass is 343 g/mol. The first-order valence-corrected chi connectivity index (χ1v) is 9.16. The summed E-state index contributed by atoms with van der Waals surface area (Å²) in [5.74, 6) is 0. The minimum atomic E-state index is 0.378. The smallest absolute Gasteiger partial charge is 0.0318 e. The summed E-state index contributed by atoms with van der Waals surface area (Å²) >= 11 is 5.49. The number of hydrogen-bond donors (Lipinski definition) is 1. The maximum atomic E-state index is 3.76. The van der Waals surface area contributed by atoms with Crippen LogP contribution in [0.3, 0.4) is 0 Å². The second-order valence-corrected chi connectivity index (χ2v) is 7.18. The molecule has 0 aliphatic carbocycles. The van der Waals surface area contributed by atoms with Crippen LogP contribution in [0.4, 0.5) is 0 Å². The zero-order valence-electron chi connectivity index (χ0n) is 12.5. The Kier molecular flexibility index (Phi) is 7.48. The van der Waals surface area contributed by atoms with Gasteiger partial charge in [0.05, 0.1) is 0 Å². The van der Waals surface area contributed by atoms with Gasteiger partial charge < -0.3 is 5.32 Å². The van der Waals surface area contributed by atoms with Crippen LogP contribution in [0.5, 0.6) is 0 Å². The maximum absolute atomic E-state index is 3.76. The molecule has 1 unspecified atom stereocenters. The van der Waals surface area contributed by atoms with Crippen molar-refractivity contribution < 1.29 is 0 Å². The maximum Gasteiger partial charge on any atom is 0.0318 e. The first-order chi connectivity index (χ1) is 9.10. The summed E-state index contributed by atoms with van der Waals surface area (Å²) in [5.41, 5.74) is 1.38. The standard InChI is InChI=1S/C16H26BrNS/c1-5-15(13-8-10-14(17)11-9-13)18-12-16(6-2,7-3)19-4/h8-11,15,18H,5-7,12H2,1-4H3. The lowest BCUT2D eigenvalue weighted by molar-refractivity contribution is 0.438. The fraction of sp³-hybridized carbons (Fsp3) is 0.625. The molecule has 0 aromatic heterocycles. The summed E-state index contributed by atoms with van der Waals surface area (Å²) in [7, 11) is 0. The SMILES string of the molecule is CCC(NCC(CC)(CC)SC)c1ccc(Br)cc1. The first kappa shape index (κ1) is 17.1. The molecule has 0 saturated carbocycles. The Labute approximate surface area is 131 Å². The molecule has 1 aromatic rings. The van der Waals surface area contributed by atoms with E-state index in [9.17, 15) is 0 Å². The Balaban J connectivity index is 2.69. The van der Waals surface area contributed by atoms with Gasteiger partial charge in [-0.2, -0.15) is 11.8 Å². The lowest BCUT2D eigenvalue weighted by Gasteiger charge is -2.32. The molecule has 19 heavy (non-hydrogen) atoms. The molecule has 3 heteroatoms. The van der Waals surface area contributed by atoms with Crippen LogP contribution in [0, 0.1) is 0 Å². The van der Waals surface area contributed by atoms with Crippen LogP contribution in [0.1, 0.15) is 51.6 Å². The van der Waals surface area contributed by atoms with E-state index in [0.717, 1.165) is 17.4 Å². The molecule has 0 fully saturated rings. The van der Waals surface area contributed by atoms with E-state index in [-0.39, 0.29) is 0 Å². The van der Waals surface area contributed by atoms with Crippen LogP contribution in [0.2, 0.25) is 0 Å². The van der Waals surface area contributed by atoms with E-state index in [2.05, 4.69) is 72.5 Å². The fourth-order valence-electron chi connectivity index (χ4n) is 2.36. The molecule has 0 aliphatic rings. The largest absolute Gasteiger partial charge is 0.309 e. The van der Waals surface area contributed by atoms with Crippen LogP contribution in [-0.4, -0.2) is 17.5 Å². The van der Waals surface area contributed by atoms with Gasteiger partial charge in [-0.25, -0.2) is 0 Å². The van der Waals surface area contributed by atoms with E-state index >= 15 is 0 Å². The quantitative estimate of drug-likeness (QED) is 0.676. The number of hydrogen-bond acceptors (Lipinski definition) is 2. The summed E-state index contributed by atoms with van der Waals surface area (Å²) in [6.45, 7) is 7.92. The Bertz CT molecular complexity index is 351. The van der Waals surface area contributed by atoms with Crippen molar-refractivity contribution in [3.8, 4) is 0 Å². The third kappa shape index (κ3) is 4.80. The topological polar surface area (TPSA) is 12.0 Å². The van der Waals surface area contributed by atoms with Crippen molar-refractivity contribution >= 4 is 27.7 Å². The highest BCUT2D eigenvalue weighted by molar-refractivity contribution is 9.10. The summed E-state index contributed by atoms with van der Waals surface area (Å²) in [6, 6.07) is 9.13. The molecule has 1 aromatic carbocycles. The van der Waals surface area contributed by atoms with Crippen LogP contribution in [-0.2, 0) is 0 Å². The molecular formula is C16H26BrNS. The van der Waals surface area contributed by atoms with E-state index in [1.54, 1.807) is 0 Å². The molecule has 0 bridgehead atoms. The lowest BCUT2D eigenvalue weighted by Crippen LogP contribution is -2.38. The summed E-state index contributed by atoms with van der Waals surface area (Å²) < 4.78 is 1.52. The Morgan fingerprint density at radius 2 is 1.74 bits per heavy atom. The Morgan fingerprint density at radius 3 is 2.16 bits per heavy atom. The van der Waals surface area contributed by atoms with Crippen LogP contribution in [0.15, 0.2) is 28.7 Å². The van der Waals surface area contributed by atoms with Gasteiger partial charge in [0.15, 0.2) is 0 Å². The van der Waals surface area contributed by atoms with Crippen molar-refractivity contribution in [1.82, 2.24) is 5.32 Å². The summed E-state index contributed by atoms with van der Waals surface area (Å²) in [4.78, 5) is 0. The van der Waals surface area contributed by atoms with Gasteiger partial charge >= 0.3 is 0 Å². The molecule has 0 spiro atoms. The lowest BCUT2D eigenvalue weighted by atomic mass is 9.99. The molecule has 108 valence electrons. The van der Waals surface area contributed by atoms with E-state index in [4.69, 9.17) is 0 Å². The van der Waals surface area contributed by atoms with Gasteiger partial charge in [0.2, 0.25) is 0 Å². The Morgan fingerprint density at radius 1 is 1.16 bits per heavy atom. The highest BCUT2D eigenvalue weighted by Gasteiger charge is 2.25. The van der Waals surface area contributed by atoms with Gasteiger partial charge in [0.1, 0.15) is 0 Å². The van der Waals surface area contributed by atoms with E-state index in [0.29, 0.717) is 10.8 Å². The molecule has 0 aliphatic heterocycles. The molecular weight excluding hydrogens is 318 g/mol. The molecule has 0 saturated heterocycles. The minimum Gasteiger partial charge on any atom is -0.309 e. The van der Waals surface area contributed by atoms with Crippen molar-refractivity contribution in [2.75, 3.05) is 12.8 Å². The van der Waals surface area contributed by atoms with Crippen molar-refractivity contribution in [3.05, 3.63) is 34.3 Å². The normalized spacial score (nSPS) is 13.5. The number of thioether (sulfide) groups is 1. The second kappa shape index (κ2) is 8.33. The van der Waals surface area contributed by atoms with Crippen LogP contribution < -0.4 is 5.32 Å². The number of benzene rings is 1. The highest BCUT2D eigenvalue weighted by Crippen LogP contribution is 2.31. The zero-order valence-corrected chi connectivity index (χ0v) is 14.9. The van der Waals surface area contributed by atoms with Crippen molar-refractivity contribution in [2.24, 2.45) is 0 Å². The van der Waals surface area contributed by atoms with Crippen molar-refractivity contribution in [2.45, 2.75) is 50.8 Å². The Hall–Kier alpha value is 0.01000. The third-order valence-electron chi connectivity index (χ3n) is 4.07. The molecule has 0 radical (unpaired) electrons. The second-order valence-electron chi connectivity index (χ2n) is 4.99. The molecule has 1 rings (SSSR count). The molecule has 0 amide bonds. The average Bonchev–Trinajstić information content (AvgIpc) is 2.46. The van der Waals surface area contributed by atoms with Gasteiger partial charge in [-0.15, -0.1) is 0 Å². The van der Waals surface area contributed by atoms with Gasteiger partial charge in [0.25, 0.3) is 0 Å². The van der Waals surface area contributed by atoms with Gasteiger partial charge in [-0.1, -0.05) is 48.8 Å². The number of halogens is 1. The van der Waals surface area contributed by atoms with Gasteiger partial charge in [0, 0.05) is 21.8 Å². The highest BCUT2D eigenvalue weighted by atomic mass is 79.9. The van der Waals surface area contributed by atoms with Crippen LogP contribution in [0.25, 0.3) is 0 Å². The van der Waals surface area contributed by atoms with E-state index in [1.807, 2.05) is 11.8 Å². The van der Waals surface area contributed by atoms with Crippen molar-refractivity contribution in [3.63, 3.8) is 0 Å². The van der Waals surface area contributed by atoms with Gasteiger partial charge in [-0.05, 0) is 43.2 Å². The first-order valence-electron chi connectivity index (χ1n) is 7.14. The summed E-state index contributed by atoms with van der Waals surface area (Å²) in [5, 5.41) is 3.76. The third-order valence-corrected chi connectivity index (χ3v) is 6.19. The predicted octanol–water partition coefficient (Wildman–Crippen LogP) is 5.41. The number of nitrogens with one attached hydrogen (secondary N) is 1. The average molecular weight is 344 g/mol. The minimum absolute atomic E-state index is 0.378. The molecule has 0 heterocycles. The zero-order chi connectivity index (χ0) is 14.3. The van der Waals surface area contributed by atoms with Crippen molar-refractivity contribution in [1.29, 1.82) is 0 Å². The van der Waals surface area contributed by atoms with Crippen LogP contribution >= 0.6 is 27.7 Å². The predicted molar refractivity (Wildman–Crippen MR) is 92.0 cm³/mol. The number of rotatable bonds is 8.